The van der Waals surface area contributed by atoms with Crippen molar-refractivity contribution >= 4 is 29.0 Å². The number of carbonyl (C=O) groups excluding carboxylic acids is 3. The number of amides is 2. The van der Waals surface area contributed by atoms with E-state index in [1.807, 2.05) is 30.0 Å². The molecule has 8 heteroatoms. The van der Waals surface area contributed by atoms with E-state index in [-0.39, 0.29) is 5.78 Å². The highest BCUT2D eigenvalue weighted by Crippen LogP contribution is 2.68. The number of benzene rings is 3. The lowest BCUT2D eigenvalue weighted by Gasteiger charge is -2.43. The Morgan fingerprint density at radius 2 is 1.74 bits per heavy atom. The molecule has 4 aliphatic heterocycles. The number of ketones is 1. The maximum atomic E-state index is 14.9. The van der Waals surface area contributed by atoms with Gasteiger partial charge in [0.25, 0.3) is 5.91 Å². The molecule has 0 aromatic heterocycles. The van der Waals surface area contributed by atoms with Crippen LogP contribution in [0.4, 0.5) is 15.8 Å². The normalized spacial score (nSPS) is 28.8. The summed E-state index contributed by atoms with van der Waals surface area (Å²) in [4.78, 5) is 45.5. The molecule has 0 bridgehead atoms. The summed E-state index contributed by atoms with van der Waals surface area (Å²) in [5.41, 5.74) is -0.837. The zero-order valence-electron chi connectivity index (χ0n) is 20.8. The summed E-state index contributed by atoms with van der Waals surface area (Å²) in [5.74, 6) is -2.07. The van der Waals surface area contributed by atoms with Crippen molar-refractivity contribution in [3.63, 3.8) is 0 Å². The number of hydrogen-bond acceptors (Lipinski definition) is 5. The summed E-state index contributed by atoms with van der Waals surface area (Å²) in [7, 11) is 0. The van der Waals surface area contributed by atoms with Gasteiger partial charge < -0.3 is 15.4 Å². The van der Waals surface area contributed by atoms with Crippen LogP contribution in [0.15, 0.2) is 66.7 Å². The van der Waals surface area contributed by atoms with Crippen LogP contribution in [0.3, 0.4) is 0 Å². The van der Waals surface area contributed by atoms with E-state index >= 15 is 0 Å². The molecule has 7 rings (SSSR count). The maximum Gasteiger partial charge on any atom is 0.251 e. The van der Waals surface area contributed by atoms with Crippen LogP contribution < -0.4 is 15.4 Å². The molecule has 38 heavy (non-hydrogen) atoms. The van der Waals surface area contributed by atoms with Crippen molar-refractivity contribution in [2.45, 2.75) is 36.8 Å². The molecule has 2 N–H and O–H groups in total. The molecule has 2 amide bonds. The van der Waals surface area contributed by atoms with Crippen molar-refractivity contribution in [3.05, 3.63) is 89.2 Å². The number of nitrogens with zero attached hydrogens (tertiary/aromatic N) is 1. The smallest absolute Gasteiger partial charge is 0.251 e. The third-order valence-electron chi connectivity index (χ3n) is 8.79. The van der Waals surface area contributed by atoms with Crippen LogP contribution in [-0.4, -0.2) is 41.7 Å². The van der Waals surface area contributed by atoms with E-state index in [0.29, 0.717) is 53.4 Å². The van der Waals surface area contributed by atoms with Crippen molar-refractivity contribution in [1.29, 1.82) is 0 Å². The van der Waals surface area contributed by atoms with E-state index in [0.717, 1.165) is 6.42 Å². The number of Topliss-reactive ketones (excluding diaryl/α,β-unsaturated/α-hetero) is 1. The molecule has 2 fully saturated rings. The second-order valence-electron chi connectivity index (χ2n) is 10.3. The number of nitrogens with one attached hydrogen (secondary N) is 2. The van der Waals surface area contributed by atoms with Gasteiger partial charge in [-0.2, -0.15) is 0 Å². The van der Waals surface area contributed by atoms with Gasteiger partial charge in [0.05, 0.1) is 18.1 Å². The number of hydrogen-bond donors (Lipinski definition) is 2. The van der Waals surface area contributed by atoms with Gasteiger partial charge in [-0.3, -0.25) is 19.3 Å². The standard InChI is InChI=1S/C30H26FN3O4/c1-2-38-24-12-6-3-8-18(24)26(35)25-23-11-7-15-34(23)30(20-16-17(31)13-14-22(20)33-28(30)37)29(25)19-9-4-5-10-21(19)32-27(29)36/h3-6,8-10,12-14,16,23,25H,2,7,11,15H2,1H3,(H,32,36)(H,33,37)/t23-,25-,29+,30+/m0/s1. The molecular formula is C30H26FN3O4. The third kappa shape index (κ3) is 2.58. The highest BCUT2D eigenvalue weighted by atomic mass is 19.1. The van der Waals surface area contributed by atoms with Gasteiger partial charge in [0.1, 0.15) is 22.5 Å². The molecular weight excluding hydrogens is 485 g/mol. The average Bonchev–Trinajstić information content (AvgIpc) is 3.63. The summed E-state index contributed by atoms with van der Waals surface area (Å²) in [5, 5.41) is 5.93. The number of para-hydroxylation sites is 2. The Morgan fingerprint density at radius 3 is 2.58 bits per heavy atom. The van der Waals surface area contributed by atoms with Crippen molar-refractivity contribution in [1.82, 2.24) is 4.90 Å². The molecule has 7 nitrogen and oxygen atoms in total. The Bertz CT molecular complexity index is 1540. The molecule has 2 saturated heterocycles. The van der Waals surface area contributed by atoms with Crippen molar-refractivity contribution in [2.24, 2.45) is 5.92 Å². The van der Waals surface area contributed by atoms with Crippen LogP contribution in [0.5, 0.6) is 5.75 Å². The van der Waals surface area contributed by atoms with Crippen LogP contribution in [0, 0.1) is 11.7 Å². The quantitative estimate of drug-likeness (QED) is 0.512. The molecule has 0 unspecified atom stereocenters. The minimum absolute atomic E-state index is 0.257. The summed E-state index contributed by atoms with van der Waals surface area (Å²) < 4.78 is 20.7. The van der Waals surface area contributed by atoms with E-state index in [4.69, 9.17) is 4.74 Å². The molecule has 4 heterocycles. The first-order chi connectivity index (χ1) is 18.5. The van der Waals surface area contributed by atoms with Gasteiger partial charge in [0.15, 0.2) is 5.78 Å². The molecule has 4 atom stereocenters. The summed E-state index contributed by atoms with van der Waals surface area (Å²) in [6.07, 6.45) is 1.38. The molecule has 3 aromatic carbocycles. The minimum atomic E-state index is -1.62. The van der Waals surface area contributed by atoms with E-state index in [1.165, 1.54) is 18.2 Å². The lowest BCUT2D eigenvalue weighted by molar-refractivity contribution is -0.137. The first kappa shape index (κ1) is 23.1. The number of halogens is 1. The van der Waals surface area contributed by atoms with E-state index in [2.05, 4.69) is 10.6 Å². The lowest BCUT2D eigenvalue weighted by atomic mass is 9.57. The fraction of sp³-hybridized carbons (Fsp3) is 0.300. The fourth-order valence-electron chi connectivity index (χ4n) is 7.67. The zero-order chi connectivity index (χ0) is 26.2. The van der Waals surface area contributed by atoms with E-state index in [1.54, 1.807) is 30.3 Å². The van der Waals surface area contributed by atoms with Crippen molar-refractivity contribution in [3.8, 4) is 5.75 Å². The van der Waals surface area contributed by atoms with Gasteiger partial charge in [-0.1, -0.05) is 30.3 Å². The number of carbonyl (C=O) groups is 3. The van der Waals surface area contributed by atoms with Crippen LogP contribution in [0.1, 0.15) is 41.3 Å². The van der Waals surface area contributed by atoms with Gasteiger partial charge in [-0.15, -0.1) is 0 Å². The minimum Gasteiger partial charge on any atom is -0.493 e. The predicted molar refractivity (Wildman–Crippen MR) is 139 cm³/mol. The largest absolute Gasteiger partial charge is 0.493 e. The highest BCUT2D eigenvalue weighted by Gasteiger charge is 2.81. The predicted octanol–water partition coefficient (Wildman–Crippen LogP) is 4.24. The Balaban J connectivity index is 1.58. The van der Waals surface area contributed by atoms with Crippen LogP contribution >= 0.6 is 0 Å². The summed E-state index contributed by atoms with van der Waals surface area (Å²) in [6, 6.07) is 18.0. The molecule has 4 aliphatic rings. The lowest BCUT2D eigenvalue weighted by Crippen LogP contribution is -2.62. The van der Waals surface area contributed by atoms with Gasteiger partial charge in [0.2, 0.25) is 5.91 Å². The SMILES string of the molecule is CCOc1ccccc1C(=O)[C@@H]1[C@@H]2CCCN2[C@]2(C(=O)Nc3ccc(F)cc32)[C@@]12C(=O)Nc1ccccc12. The molecule has 2 spiro atoms. The van der Waals surface area contributed by atoms with Gasteiger partial charge in [-0.25, -0.2) is 4.39 Å². The van der Waals surface area contributed by atoms with Crippen LogP contribution in [0.25, 0.3) is 0 Å². The van der Waals surface area contributed by atoms with Crippen molar-refractivity contribution in [2.75, 3.05) is 23.8 Å². The Hall–Kier alpha value is -4.04. The van der Waals surface area contributed by atoms with Gasteiger partial charge in [-0.05, 0) is 68.3 Å². The number of rotatable bonds is 4. The van der Waals surface area contributed by atoms with E-state index < -0.39 is 40.5 Å². The molecule has 0 saturated carbocycles. The zero-order valence-corrected chi connectivity index (χ0v) is 20.8. The number of fused-ring (bicyclic) bond motifs is 7. The highest BCUT2D eigenvalue weighted by molar-refractivity contribution is 6.21. The summed E-state index contributed by atoms with van der Waals surface area (Å²) in [6.45, 7) is 2.72. The Kier molecular flexibility index (Phi) is 4.85. The second-order valence-corrected chi connectivity index (χ2v) is 10.3. The Morgan fingerprint density at radius 1 is 1.00 bits per heavy atom. The maximum absolute atomic E-state index is 14.9. The third-order valence-corrected chi connectivity index (χ3v) is 8.79. The average molecular weight is 512 g/mol. The molecule has 192 valence electrons. The number of anilines is 2. The van der Waals surface area contributed by atoms with Crippen LogP contribution in [0.2, 0.25) is 0 Å². The van der Waals surface area contributed by atoms with Crippen molar-refractivity contribution < 1.29 is 23.5 Å². The fourth-order valence-corrected chi connectivity index (χ4v) is 7.67. The topological polar surface area (TPSA) is 87.7 Å². The molecule has 3 aromatic rings. The first-order valence-electron chi connectivity index (χ1n) is 13.0. The molecule has 0 aliphatic carbocycles. The number of ether oxygens (including phenoxy) is 1. The van der Waals surface area contributed by atoms with Crippen LogP contribution in [-0.2, 0) is 20.5 Å². The van der Waals surface area contributed by atoms with E-state index in [9.17, 15) is 18.8 Å². The Labute approximate surface area is 219 Å². The monoisotopic (exact) mass is 511 g/mol. The van der Waals surface area contributed by atoms with Gasteiger partial charge >= 0.3 is 0 Å². The molecule has 0 radical (unpaired) electrons. The summed E-state index contributed by atoms with van der Waals surface area (Å²) >= 11 is 0. The van der Waals surface area contributed by atoms with Gasteiger partial charge in [0, 0.05) is 23.0 Å². The second kappa shape index (κ2) is 7.98. The first-order valence-corrected chi connectivity index (χ1v) is 13.0.